The van der Waals surface area contributed by atoms with Crippen LogP contribution in [-0.4, -0.2) is 14.4 Å². The minimum absolute atomic E-state index is 0.312. The van der Waals surface area contributed by atoms with E-state index in [2.05, 4.69) is 71.0 Å². The molecule has 0 saturated heterocycles. The van der Waals surface area contributed by atoms with Gasteiger partial charge in [-0.2, -0.15) is 0 Å². The highest BCUT2D eigenvalue weighted by Gasteiger charge is 2.32. The average molecular weight is 333 g/mol. The first-order valence-corrected chi connectivity index (χ1v) is 12.1. The molecule has 1 atom stereocenters. The molecule has 0 aliphatic carbocycles. The molecule has 0 aromatic heterocycles. The fraction of sp³-hybridized carbons (Fsp3) is 0.619. The lowest BCUT2D eigenvalue weighted by molar-refractivity contribution is 0.207. The van der Waals surface area contributed by atoms with Crippen molar-refractivity contribution in [2.75, 3.05) is 0 Å². The van der Waals surface area contributed by atoms with Gasteiger partial charge in [0.1, 0.15) is 0 Å². The molecule has 0 N–H and O–H groups in total. The topological polar surface area (TPSA) is 9.23 Å². The standard InChI is InChI=1S/C21H36OSi/c1-6-14-20(7-2)21(22-23(8-3,9-4)10-5)18-17-19-15-12-11-13-16-19/h11-16,21H,6-10,17-18H2,1-5H3/b20-14+/t21-/m0/s1. The molecule has 0 radical (unpaired) electrons. The van der Waals surface area contributed by atoms with E-state index in [4.69, 9.17) is 4.43 Å². The summed E-state index contributed by atoms with van der Waals surface area (Å²) in [6.45, 7) is 11.5. The van der Waals surface area contributed by atoms with Gasteiger partial charge in [-0.3, -0.25) is 0 Å². The van der Waals surface area contributed by atoms with Crippen LogP contribution in [0.25, 0.3) is 0 Å². The summed E-state index contributed by atoms with van der Waals surface area (Å²) in [4.78, 5) is 0. The van der Waals surface area contributed by atoms with Crippen LogP contribution in [0.1, 0.15) is 59.4 Å². The fourth-order valence-electron chi connectivity index (χ4n) is 3.33. The van der Waals surface area contributed by atoms with Crippen molar-refractivity contribution in [1.29, 1.82) is 0 Å². The maximum Gasteiger partial charge on any atom is 0.192 e. The van der Waals surface area contributed by atoms with Gasteiger partial charge in [-0.15, -0.1) is 0 Å². The molecule has 2 heteroatoms. The van der Waals surface area contributed by atoms with Crippen LogP contribution in [0.15, 0.2) is 42.0 Å². The molecule has 23 heavy (non-hydrogen) atoms. The first-order chi connectivity index (χ1) is 11.1. The van der Waals surface area contributed by atoms with E-state index >= 15 is 0 Å². The Morgan fingerprint density at radius 1 is 1.00 bits per heavy atom. The zero-order chi connectivity index (χ0) is 17.1. The molecule has 1 aromatic carbocycles. The number of hydrogen-bond acceptors (Lipinski definition) is 1. The number of benzene rings is 1. The summed E-state index contributed by atoms with van der Waals surface area (Å²) in [6, 6.07) is 14.5. The van der Waals surface area contributed by atoms with Gasteiger partial charge in [0.25, 0.3) is 0 Å². The zero-order valence-corrected chi connectivity index (χ0v) is 16.9. The molecule has 1 nitrogen and oxygen atoms in total. The molecule has 0 fully saturated rings. The van der Waals surface area contributed by atoms with Crippen LogP contribution >= 0.6 is 0 Å². The first-order valence-electron chi connectivity index (χ1n) is 9.55. The number of hydrogen-bond donors (Lipinski definition) is 0. The van der Waals surface area contributed by atoms with Gasteiger partial charge in [0.05, 0.1) is 6.10 Å². The summed E-state index contributed by atoms with van der Waals surface area (Å²) in [5.41, 5.74) is 2.93. The van der Waals surface area contributed by atoms with E-state index in [1.54, 1.807) is 0 Å². The Morgan fingerprint density at radius 3 is 2.09 bits per heavy atom. The second-order valence-corrected chi connectivity index (χ2v) is 11.1. The van der Waals surface area contributed by atoms with Crippen LogP contribution in [0, 0.1) is 0 Å². The van der Waals surface area contributed by atoms with Crippen molar-refractivity contribution in [1.82, 2.24) is 0 Å². The number of aryl methyl sites for hydroxylation is 1. The van der Waals surface area contributed by atoms with E-state index in [0.717, 1.165) is 25.7 Å². The molecule has 0 unspecified atom stereocenters. The molecule has 1 rings (SSSR count). The molecular formula is C21H36OSi. The van der Waals surface area contributed by atoms with Crippen molar-refractivity contribution in [3.05, 3.63) is 47.5 Å². The Labute approximate surface area is 145 Å². The van der Waals surface area contributed by atoms with Crippen LogP contribution in [0.4, 0.5) is 0 Å². The van der Waals surface area contributed by atoms with Crippen LogP contribution in [0.3, 0.4) is 0 Å². The average Bonchev–Trinajstić information content (AvgIpc) is 2.62. The van der Waals surface area contributed by atoms with Gasteiger partial charge in [-0.05, 0) is 55.0 Å². The van der Waals surface area contributed by atoms with Gasteiger partial charge in [-0.1, -0.05) is 71.0 Å². The third-order valence-corrected chi connectivity index (χ3v) is 9.80. The Balaban J connectivity index is 2.90. The molecule has 0 spiro atoms. The summed E-state index contributed by atoms with van der Waals surface area (Å²) in [7, 11) is -1.57. The zero-order valence-electron chi connectivity index (χ0n) is 15.9. The lowest BCUT2D eigenvalue weighted by Crippen LogP contribution is -2.40. The minimum Gasteiger partial charge on any atom is -0.410 e. The van der Waals surface area contributed by atoms with Crippen molar-refractivity contribution < 1.29 is 4.43 Å². The summed E-state index contributed by atoms with van der Waals surface area (Å²) in [5.74, 6) is 0. The molecule has 0 amide bonds. The molecule has 1 aromatic rings. The van der Waals surface area contributed by atoms with Gasteiger partial charge in [0.15, 0.2) is 8.32 Å². The lowest BCUT2D eigenvalue weighted by atomic mass is 9.99. The van der Waals surface area contributed by atoms with Crippen molar-refractivity contribution in [2.24, 2.45) is 0 Å². The highest BCUT2D eigenvalue weighted by atomic mass is 28.4. The summed E-state index contributed by atoms with van der Waals surface area (Å²) < 4.78 is 6.88. The summed E-state index contributed by atoms with van der Waals surface area (Å²) in [5, 5.41) is 0. The predicted octanol–water partition coefficient (Wildman–Crippen LogP) is 6.76. The first kappa shape index (κ1) is 20.2. The van der Waals surface area contributed by atoms with Crippen molar-refractivity contribution in [2.45, 2.75) is 84.5 Å². The Morgan fingerprint density at radius 2 is 1.61 bits per heavy atom. The van der Waals surface area contributed by atoms with E-state index in [9.17, 15) is 0 Å². The molecule has 0 saturated carbocycles. The number of rotatable bonds is 11. The van der Waals surface area contributed by atoms with Crippen molar-refractivity contribution in [3.8, 4) is 0 Å². The van der Waals surface area contributed by atoms with Gasteiger partial charge < -0.3 is 4.43 Å². The van der Waals surface area contributed by atoms with Crippen LogP contribution in [0.5, 0.6) is 0 Å². The minimum atomic E-state index is -1.57. The summed E-state index contributed by atoms with van der Waals surface area (Å²) >= 11 is 0. The van der Waals surface area contributed by atoms with Crippen molar-refractivity contribution >= 4 is 8.32 Å². The number of allylic oxidation sites excluding steroid dienone is 1. The molecular weight excluding hydrogens is 296 g/mol. The van der Waals surface area contributed by atoms with Crippen LogP contribution in [0.2, 0.25) is 18.1 Å². The van der Waals surface area contributed by atoms with Crippen LogP contribution < -0.4 is 0 Å². The fourth-order valence-corrected chi connectivity index (χ4v) is 6.20. The van der Waals surface area contributed by atoms with Gasteiger partial charge in [-0.25, -0.2) is 0 Å². The third kappa shape index (κ3) is 6.27. The highest BCUT2D eigenvalue weighted by molar-refractivity contribution is 6.73. The molecule has 0 heterocycles. The monoisotopic (exact) mass is 332 g/mol. The molecule has 130 valence electrons. The van der Waals surface area contributed by atoms with Gasteiger partial charge in [0, 0.05) is 0 Å². The molecule has 0 bridgehead atoms. The normalized spacial score (nSPS) is 14.0. The highest BCUT2D eigenvalue weighted by Crippen LogP contribution is 2.29. The van der Waals surface area contributed by atoms with E-state index in [0.29, 0.717) is 6.10 Å². The Kier molecular flexibility index (Phi) is 9.50. The van der Waals surface area contributed by atoms with Crippen molar-refractivity contribution in [3.63, 3.8) is 0 Å². The molecule has 0 aliphatic heterocycles. The maximum absolute atomic E-state index is 6.88. The summed E-state index contributed by atoms with van der Waals surface area (Å²) in [6.07, 6.45) is 7.14. The smallest absolute Gasteiger partial charge is 0.192 e. The van der Waals surface area contributed by atoms with Gasteiger partial charge >= 0.3 is 0 Å². The van der Waals surface area contributed by atoms with Crippen LogP contribution in [-0.2, 0) is 10.8 Å². The maximum atomic E-state index is 6.88. The Bertz CT molecular complexity index is 440. The lowest BCUT2D eigenvalue weighted by Gasteiger charge is -2.34. The molecule has 0 aliphatic rings. The second kappa shape index (κ2) is 10.8. The van der Waals surface area contributed by atoms with E-state index < -0.39 is 8.32 Å². The third-order valence-electron chi connectivity index (χ3n) is 5.15. The predicted molar refractivity (Wildman–Crippen MR) is 105 cm³/mol. The van der Waals surface area contributed by atoms with E-state index in [1.165, 1.54) is 29.3 Å². The second-order valence-electron chi connectivity index (χ2n) is 6.42. The van der Waals surface area contributed by atoms with E-state index in [-0.39, 0.29) is 0 Å². The van der Waals surface area contributed by atoms with E-state index in [1.807, 2.05) is 0 Å². The SMILES string of the molecule is CC/C=C(\CC)[C@H](CCc1ccccc1)O[Si](CC)(CC)CC. The largest absolute Gasteiger partial charge is 0.410 e. The quantitative estimate of drug-likeness (QED) is 0.321. The van der Waals surface area contributed by atoms with Gasteiger partial charge in [0.2, 0.25) is 0 Å². The Hall–Kier alpha value is -0.863.